The molecule has 0 unspecified atom stereocenters. The van der Waals surface area contributed by atoms with Gasteiger partial charge >= 0.3 is 0 Å². The monoisotopic (exact) mass is 371 g/mol. The summed E-state index contributed by atoms with van der Waals surface area (Å²) >= 11 is 0. The zero-order chi connectivity index (χ0) is 20.0. The van der Waals surface area contributed by atoms with Gasteiger partial charge in [0.1, 0.15) is 17.1 Å². The van der Waals surface area contributed by atoms with Gasteiger partial charge in [-0.2, -0.15) is 0 Å². The molecule has 0 saturated carbocycles. The van der Waals surface area contributed by atoms with E-state index in [4.69, 9.17) is 5.73 Å². The fraction of sp³-hybridized carbons (Fsp3) is 0.130. The Morgan fingerprint density at radius 1 is 0.786 bits per heavy atom. The van der Waals surface area contributed by atoms with Crippen LogP contribution in [0, 0.1) is 20.8 Å². The number of phenols is 2. The van der Waals surface area contributed by atoms with E-state index in [0.717, 1.165) is 32.8 Å². The molecule has 0 radical (unpaired) electrons. The van der Waals surface area contributed by atoms with Crippen LogP contribution >= 0.6 is 0 Å². The van der Waals surface area contributed by atoms with E-state index in [1.54, 1.807) is 6.07 Å². The van der Waals surface area contributed by atoms with Gasteiger partial charge in [0.05, 0.1) is 0 Å². The number of nitrogens with zero attached hydrogens (tertiary/aromatic N) is 2. The third kappa shape index (κ3) is 2.81. The molecular formula is C23H21N3O2. The predicted octanol–water partition coefficient (Wildman–Crippen LogP) is 6.33. The Morgan fingerprint density at radius 2 is 1.46 bits per heavy atom. The van der Waals surface area contributed by atoms with Gasteiger partial charge in [0.2, 0.25) is 0 Å². The van der Waals surface area contributed by atoms with Crippen molar-refractivity contribution in [1.82, 2.24) is 0 Å². The summed E-state index contributed by atoms with van der Waals surface area (Å²) < 4.78 is 0. The largest absolute Gasteiger partial charge is 0.506 e. The second kappa shape index (κ2) is 6.53. The van der Waals surface area contributed by atoms with Gasteiger partial charge in [-0.05, 0) is 66.4 Å². The van der Waals surface area contributed by atoms with Crippen LogP contribution < -0.4 is 5.73 Å². The molecule has 4 aromatic rings. The Bertz CT molecular complexity index is 1280. The molecule has 28 heavy (non-hydrogen) atoms. The predicted molar refractivity (Wildman–Crippen MR) is 114 cm³/mol. The quantitative estimate of drug-likeness (QED) is 0.284. The minimum atomic E-state index is -0.00726. The highest BCUT2D eigenvalue weighted by Gasteiger charge is 2.14. The van der Waals surface area contributed by atoms with Crippen molar-refractivity contribution in [2.24, 2.45) is 10.2 Å². The highest BCUT2D eigenvalue weighted by atomic mass is 16.3. The molecule has 0 heterocycles. The van der Waals surface area contributed by atoms with E-state index in [1.165, 1.54) is 0 Å². The summed E-state index contributed by atoms with van der Waals surface area (Å²) in [5, 5.41) is 33.0. The summed E-state index contributed by atoms with van der Waals surface area (Å²) in [6.45, 7) is 5.76. The number of anilines is 1. The lowest BCUT2D eigenvalue weighted by atomic mass is 10.0. The van der Waals surface area contributed by atoms with Gasteiger partial charge in [0, 0.05) is 16.5 Å². The fourth-order valence-electron chi connectivity index (χ4n) is 3.69. The third-order valence-corrected chi connectivity index (χ3v) is 5.00. The Labute approximate surface area is 162 Å². The zero-order valence-corrected chi connectivity index (χ0v) is 16.0. The van der Waals surface area contributed by atoms with Crippen molar-refractivity contribution in [1.29, 1.82) is 0 Å². The number of aromatic hydroxyl groups is 2. The number of fused-ring (bicyclic) bond motifs is 2. The van der Waals surface area contributed by atoms with Crippen molar-refractivity contribution in [3.05, 3.63) is 65.2 Å². The van der Waals surface area contributed by atoms with Gasteiger partial charge in [-0.3, -0.25) is 0 Å². The van der Waals surface area contributed by atoms with Gasteiger partial charge in [0.15, 0.2) is 5.75 Å². The summed E-state index contributed by atoms with van der Waals surface area (Å²) in [6.07, 6.45) is 0. The SMILES string of the molecule is Cc1cc(N)c2c(O)c(N=Nc3c(O)cc(C)c4ccccc34)c(C)cc2c1. The Kier molecular flexibility index (Phi) is 4.15. The molecule has 4 N–H and O–H groups in total. The molecule has 0 amide bonds. The Morgan fingerprint density at radius 3 is 2.21 bits per heavy atom. The Hall–Kier alpha value is -3.60. The molecular weight excluding hydrogens is 350 g/mol. The van der Waals surface area contributed by atoms with Crippen LogP contribution in [0.4, 0.5) is 17.1 Å². The summed E-state index contributed by atoms with van der Waals surface area (Å²) in [6, 6.07) is 15.1. The molecule has 0 atom stereocenters. The van der Waals surface area contributed by atoms with E-state index < -0.39 is 0 Å². The van der Waals surface area contributed by atoms with Gasteiger partial charge in [-0.15, -0.1) is 10.2 Å². The number of benzene rings is 4. The van der Waals surface area contributed by atoms with Gasteiger partial charge in [-0.1, -0.05) is 30.3 Å². The van der Waals surface area contributed by atoms with Crippen LogP contribution in [0.1, 0.15) is 16.7 Å². The van der Waals surface area contributed by atoms with Crippen LogP contribution in [0.3, 0.4) is 0 Å². The number of phenolic OH excluding ortho intramolecular Hbond substituents is 2. The summed E-state index contributed by atoms with van der Waals surface area (Å²) in [7, 11) is 0. The number of rotatable bonds is 2. The molecule has 0 spiro atoms. The number of hydrogen-bond acceptors (Lipinski definition) is 5. The molecule has 0 fully saturated rings. The maximum absolute atomic E-state index is 10.8. The number of aryl methyl sites for hydroxylation is 3. The first-order valence-electron chi connectivity index (χ1n) is 9.02. The lowest BCUT2D eigenvalue weighted by Crippen LogP contribution is -1.90. The maximum atomic E-state index is 10.8. The van der Waals surface area contributed by atoms with Gasteiger partial charge in [-0.25, -0.2) is 0 Å². The Balaban J connectivity index is 1.92. The summed E-state index contributed by atoms with van der Waals surface area (Å²) in [4.78, 5) is 0. The van der Waals surface area contributed by atoms with Gasteiger partial charge < -0.3 is 15.9 Å². The van der Waals surface area contributed by atoms with E-state index in [-0.39, 0.29) is 11.5 Å². The molecule has 4 rings (SSSR count). The number of hydrogen-bond donors (Lipinski definition) is 3. The van der Waals surface area contributed by atoms with Crippen molar-refractivity contribution < 1.29 is 10.2 Å². The second-order valence-electron chi connectivity index (χ2n) is 7.15. The average molecular weight is 371 g/mol. The summed E-state index contributed by atoms with van der Waals surface area (Å²) in [5.74, 6) is 0.0418. The van der Waals surface area contributed by atoms with E-state index in [2.05, 4.69) is 10.2 Å². The van der Waals surface area contributed by atoms with Crippen LogP contribution in [-0.2, 0) is 0 Å². The zero-order valence-electron chi connectivity index (χ0n) is 16.0. The molecule has 0 aliphatic heterocycles. The lowest BCUT2D eigenvalue weighted by molar-refractivity contribution is 0.476. The van der Waals surface area contributed by atoms with E-state index in [9.17, 15) is 10.2 Å². The number of nitrogen functional groups attached to an aromatic ring is 1. The molecule has 0 bridgehead atoms. The standard InChI is InChI=1S/C23H21N3O2/c1-12-8-15-10-14(3)21(23(28)20(15)18(24)9-12)25-26-22-17-7-5-4-6-16(17)13(2)11-19(22)27/h4-11,27-28H,24H2,1-3H3. The van der Waals surface area contributed by atoms with Crippen LogP contribution in [0.25, 0.3) is 21.5 Å². The van der Waals surface area contributed by atoms with Crippen LogP contribution in [0.15, 0.2) is 58.8 Å². The van der Waals surface area contributed by atoms with Crippen LogP contribution in [0.2, 0.25) is 0 Å². The van der Waals surface area contributed by atoms with Gasteiger partial charge in [0.25, 0.3) is 0 Å². The van der Waals surface area contributed by atoms with E-state index in [0.29, 0.717) is 22.4 Å². The number of nitrogens with two attached hydrogens (primary N) is 1. The molecule has 5 nitrogen and oxygen atoms in total. The first-order chi connectivity index (χ1) is 13.4. The first-order valence-corrected chi connectivity index (χ1v) is 9.02. The highest BCUT2D eigenvalue weighted by molar-refractivity contribution is 6.02. The minimum Gasteiger partial charge on any atom is -0.506 e. The van der Waals surface area contributed by atoms with Crippen LogP contribution in [-0.4, -0.2) is 10.2 Å². The molecule has 4 aromatic carbocycles. The number of azo groups is 1. The molecule has 0 aliphatic rings. The minimum absolute atomic E-state index is 0.00726. The van der Waals surface area contributed by atoms with Crippen molar-refractivity contribution in [2.45, 2.75) is 20.8 Å². The molecule has 0 saturated heterocycles. The smallest absolute Gasteiger partial charge is 0.153 e. The molecule has 140 valence electrons. The van der Waals surface area contributed by atoms with E-state index in [1.807, 2.05) is 63.2 Å². The fourth-order valence-corrected chi connectivity index (χ4v) is 3.69. The molecule has 0 aliphatic carbocycles. The first kappa shape index (κ1) is 17.8. The van der Waals surface area contributed by atoms with Crippen molar-refractivity contribution >= 4 is 38.6 Å². The van der Waals surface area contributed by atoms with E-state index >= 15 is 0 Å². The van der Waals surface area contributed by atoms with Crippen molar-refractivity contribution in [3.8, 4) is 11.5 Å². The van der Waals surface area contributed by atoms with Crippen LogP contribution in [0.5, 0.6) is 11.5 Å². The maximum Gasteiger partial charge on any atom is 0.153 e. The summed E-state index contributed by atoms with van der Waals surface area (Å²) in [5.41, 5.74) is 10.1. The average Bonchev–Trinajstić information content (AvgIpc) is 2.63. The second-order valence-corrected chi connectivity index (χ2v) is 7.15. The lowest BCUT2D eigenvalue weighted by Gasteiger charge is -2.11. The normalized spacial score (nSPS) is 11.7. The topological polar surface area (TPSA) is 91.2 Å². The molecule has 5 heteroatoms. The van der Waals surface area contributed by atoms with Crippen molar-refractivity contribution in [3.63, 3.8) is 0 Å². The third-order valence-electron chi connectivity index (χ3n) is 5.00. The highest BCUT2D eigenvalue weighted by Crippen LogP contribution is 2.43. The van der Waals surface area contributed by atoms with Crippen molar-refractivity contribution in [2.75, 3.05) is 5.73 Å². The molecule has 0 aromatic heterocycles.